The van der Waals surface area contributed by atoms with Crippen molar-refractivity contribution in [1.82, 2.24) is 5.32 Å². The predicted octanol–water partition coefficient (Wildman–Crippen LogP) is 1.62. The predicted molar refractivity (Wildman–Crippen MR) is 67.4 cm³/mol. The van der Waals surface area contributed by atoms with E-state index in [4.69, 9.17) is 5.11 Å². The zero-order valence-electron chi connectivity index (χ0n) is 10.4. The van der Waals surface area contributed by atoms with Crippen LogP contribution < -0.4 is 5.32 Å². The van der Waals surface area contributed by atoms with E-state index < -0.39 is 11.4 Å². The van der Waals surface area contributed by atoms with Gasteiger partial charge in [0.2, 0.25) is 5.91 Å². The third-order valence-electron chi connectivity index (χ3n) is 3.47. The lowest BCUT2D eigenvalue weighted by molar-refractivity contribution is -0.137. The Labute approximate surface area is 106 Å². The largest absolute Gasteiger partial charge is 0.481 e. The van der Waals surface area contributed by atoms with Gasteiger partial charge in [-0.2, -0.15) is 0 Å². The van der Waals surface area contributed by atoms with E-state index in [9.17, 15) is 9.59 Å². The highest BCUT2D eigenvalue weighted by atomic mass is 16.4. The van der Waals surface area contributed by atoms with Gasteiger partial charge in [0.25, 0.3) is 0 Å². The van der Waals surface area contributed by atoms with Crippen LogP contribution in [0.15, 0.2) is 24.3 Å². The summed E-state index contributed by atoms with van der Waals surface area (Å²) in [5.74, 6) is -0.936. The van der Waals surface area contributed by atoms with E-state index in [0.717, 1.165) is 24.0 Å². The van der Waals surface area contributed by atoms with E-state index in [1.807, 2.05) is 31.2 Å². The van der Waals surface area contributed by atoms with Gasteiger partial charge >= 0.3 is 5.97 Å². The number of benzene rings is 1. The monoisotopic (exact) mass is 247 g/mol. The lowest BCUT2D eigenvalue weighted by atomic mass is 9.91. The van der Waals surface area contributed by atoms with Crippen molar-refractivity contribution >= 4 is 11.9 Å². The number of aryl methyl sites for hydroxylation is 1. The van der Waals surface area contributed by atoms with E-state index in [1.54, 1.807) is 0 Å². The van der Waals surface area contributed by atoms with Crippen molar-refractivity contribution in [1.29, 1.82) is 0 Å². The number of hydrogen-bond acceptors (Lipinski definition) is 2. The maximum Gasteiger partial charge on any atom is 0.305 e. The minimum Gasteiger partial charge on any atom is -0.481 e. The summed E-state index contributed by atoms with van der Waals surface area (Å²) in [6, 6.07) is 7.88. The first-order valence-corrected chi connectivity index (χ1v) is 6.12. The van der Waals surface area contributed by atoms with Crippen molar-refractivity contribution in [2.75, 3.05) is 6.54 Å². The normalized spacial score (nSPS) is 16.1. The maximum atomic E-state index is 12.2. The second kappa shape index (κ2) is 4.80. The van der Waals surface area contributed by atoms with E-state index in [0.29, 0.717) is 0 Å². The molecule has 96 valence electrons. The van der Waals surface area contributed by atoms with Gasteiger partial charge in [-0.25, -0.2) is 0 Å². The van der Waals surface area contributed by atoms with Crippen molar-refractivity contribution in [2.45, 2.75) is 31.6 Å². The molecule has 0 saturated heterocycles. The molecule has 0 heterocycles. The Balaban J connectivity index is 2.06. The van der Waals surface area contributed by atoms with E-state index in [1.165, 1.54) is 0 Å². The second-order valence-corrected chi connectivity index (χ2v) is 4.80. The van der Waals surface area contributed by atoms with Crippen molar-refractivity contribution in [3.63, 3.8) is 0 Å². The quantitative estimate of drug-likeness (QED) is 0.830. The molecule has 1 aliphatic rings. The fourth-order valence-corrected chi connectivity index (χ4v) is 2.31. The van der Waals surface area contributed by atoms with E-state index >= 15 is 0 Å². The molecule has 1 fully saturated rings. The summed E-state index contributed by atoms with van der Waals surface area (Å²) >= 11 is 0. The summed E-state index contributed by atoms with van der Waals surface area (Å²) in [6.07, 6.45) is 1.66. The lowest BCUT2D eigenvalue weighted by Gasteiger charge is -2.17. The number of carbonyl (C=O) groups is 2. The maximum absolute atomic E-state index is 12.2. The summed E-state index contributed by atoms with van der Waals surface area (Å²) in [6.45, 7) is 2.20. The molecular weight excluding hydrogens is 230 g/mol. The zero-order chi connectivity index (χ0) is 13.2. The van der Waals surface area contributed by atoms with Crippen LogP contribution in [0.25, 0.3) is 0 Å². The molecule has 2 N–H and O–H groups in total. The first-order chi connectivity index (χ1) is 8.56. The number of rotatable bonds is 5. The van der Waals surface area contributed by atoms with Crippen molar-refractivity contribution in [3.05, 3.63) is 35.4 Å². The van der Waals surface area contributed by atoms with E-state index in [2.05, 4.69) is 5.32 Å². The molecule has 1 aromatic rings. The summed E-state index contributed by atoms with van der Waals surface area (Å²) in [4.78, 5) is 22.6. The Hall–Kier alpha value is -1.84. The molecule has 2 rings (SSSR count). The minimum atomic E-state index is -0.893. The van der Waals surface area contributed by atoms with Crippen molar-refractivity contribution in [2.24, 2.45) is 0 Å². The topological polar surface area (TPSA) is 66.4 Å². The fourth-order valence-electron chi connectivity index (χ4n) is 2.31. The van der Waals surface area contributed by atoms with Gasteiger partial charge in [-0.05, 0) is 30.9 Å². The van der Waals surface area contributed by atoms with Crippen LogP contribution in [-0.2, 0) is 15.0 Å². The Morgan fingerprint density at radius 1 is 1.33 bits per heavy atom. The average molecular weight is 247 g/mol. The molecule has 0 radical (unpaired) electrons. The summed E-state index contributed by atoms with van der Waals surface area (Å²) in [7, 11) is 0. The third-order valence-corrected chi connectivity index (χ3v) is 3.47. The van der Waals surface area contributed by atoms with Gasteiger partial charge in [-0.3, -0.25) is 9.59 Å². The Morgan fingerprint density at radius 3 is 2.56 bits per heavy atom. The molecule has 0 bridgehead atoms. The smallest absolute Gasteiger partial charge is 0.305 e. The molecule has 1 saturated carbocycles. The van der Waals surface area contributed by atoms with Crippen molar-refractivity contribution < 1.29 is 14.7 Å². The van der Waals surface area contributed by atoms with Crippen LogP contribution in [0.4, 0.5) is 0 Å². The van der Waals surface area contributed by atoms with Gasteiger partial charge in [-0.1, -0.05) is 24.3 Å². The number of carboxylic acid groups (broad SMARTS) is 1. The van der Waals surface area contributed by atoms with Crippen LogP contribution in [0.1, 0.15) is 30.4 Å². The highest BCUT2D eigenvalue weighted by molar-refractivity contribution is 5.91. The third kappa shape index (κ3) is 2.37. The number of nitrogens with one attached hydrogen (secondary N) is 1. The lowest BCUT2D eigenvalue weighted by Crippen LogP contribution is -2.36. The van der Waals surface area contributed by atoms with Crippen LogP contribution in [-0.4, -0.2) is 23.5 Å². The Morgan fingerprint density at radius 2 is 2.00 bits per heavy atom. The second-order valence-electron chi connectivity index (χ2n) is 4.80. The van der Waals surface area contributed by atoms with Crippen LogP contribution in [0, 0.1) is 6.92 Å². The summed E-state index contributed by atoms with van der Waals surface area (Å²) < 4.78 is 0. The molecule has 4 heteroatoms. The molecule has 1 aromatic carbocycles. The van der Waals surface area contributed by atoms with Gasteiger partial charge in [-0.15, -0.1) is 0 Å². The molecule has 0 spiro atoms. The van der Waals surface area contributed by atoms with Gasteiger partial charge in [0, 0.05) is 6.54 Å². The molecule has 0 atom stereocenters. The first-order valence-electron chi connectivity index (χ1n) is 6.12. The zero-order valence-corrected chi connectivity index (χ0v) is 10.4. The highest BCUT2D eigenvalue weighted by Gasteiger charge is 2.51. The number of amides is 1. The van der Waals surface area contributed by atoms with Gasteiger partial charge < -0.3 is 10.4 Å². The SMILES string of the molecule is Cc1ccccc1C1(C(=O)NCCC(=O)O)CC1. The molecule has 18 heavy (non-hydrogen) atoms. The number of carboxylic acids is 1. The van der Waals surface area contributed by atoms with Crippen LogP contribution in [0.3, 0.4) is 0 Å². The molecular formula is C14H17NO3. The minimum absolute atomic E-state index is 0.0322. The van der Waals surface area contributed by atoms with Gasteiger partial charge in [0.15, 0.2) is 0 Å². The molecule has 4 nitrogen and oxygen atoms in total. The molecule has 0 aromatic heterocycles. The molecule has 0 aliphatic heterocycles. The van der Waals surface area contributed by atoms with Crippen LogP contribution >= 0.6 is 0 Å². The fraction of sp³-hybridized carbons (Fsp3) is 0.429. The summed E-state index contributed by atoms with van der Waals surface area (Å²) in [5, 5.41) is 11.3. The Bertz CT molecular complexity index is 478. The average Bonchev–Trinajstić information content (AvgIpc) is 3.10. The number of aliphatic carboxylic acids is 1. The molecule has 0 unspecified atom stereocenters. The van der Waals surface area contributed by atoms with Crippen LogP contribution in [0.2, 0.25) is 0 Å². The Kier molecular flexibility index (Phi) is 3.36. The number of hydrogen-bond donors (Lipinski definition) is 2. The molecule has 1 amide bonds. The highest BCUT2D eigenvalue weighted by Crippen LogP contribution is 2.49. The van der Waals surface area contributed by atoms with Crippen molar-refractivity contribution in [3.8, 4) is 0 Å². The van der Waals surface area contributed by atoms with Crippen LogP contribution in [0.5, 0.6) is 0 Å². The van der Waals surface area contributed by atoms with Gasteiger partial charge in [0.05, 0.1) is 11.8 Å². The molecule has 1 aliphatic carbocycles. The first kappa shape index (κ1) is 12.6. The summed E-state index contributed by atoms with van der Waals surface area (Å²) in [5.41, 5.74) is 1.77. The van der Waals surface area contributed by atoms with Gasteiger partial charge in [0.1, 0.15) is 0 Å². The standard InChI is InChI=1S/C14H17NO3/c1-10-4-2-3-5-11(10)14(7-8-14)13(18)15-9-6-12(16)17/h2-5H,6-9H2,1H3,(H,15,18)(H,16,17). The number of carbonyl (C=O) groups excluding carboxylic acids is 1. The van der Waals surface area contributed by atoms with E-state index in [-0.39, 0.29) is 18.9 Å².